The number of nitrogens with zero attached hydrogens (tertiary/aromatic N) is 1. The molecule has 0 spiro atoms. The van der Waals surface area contributed by atoms with E-state index < -0.39 is 5.25 Å². The number of imide groups is 1. The molecule has 4 rings (SSSR count). The second-order valence-electron chi connectivity index (χ2n) is 6.19. The lowest BCUT2D eigenvalue weighted by Crippen LogP contribution is -2.28. The Hall–Kier alpha value is -2.41. The van der Waals surface area contributed by atoms with Gasteiger partial charge in [0.05, 0.1) is 6.20 Å². The van der Waals surface area contributed by atoms with Gasteiger partial charge in [0.1, 0.15) is 22.6 Å². The van der Waals surface area contributed by atoms with Crippen molar-refractivity contribution in [3.05, 3.63) is 53.1 Å². The van der Waals surface area contributed by atoms with Crippen LogP contribution >= 0.6 is 11.8 Å². The van der Waals surface area contributed by atoms with Gasteiger partial charge in [0.15, 0.2) is 0 Å². The molecular weight excluding hydrogens is 343 g/mol. The van der Waals surface area contributed by atoms with Crippen LogP contribution in [0.4, 0.5) is 9.18 Å². The fraction of sp³-hybridized carbons (Fsp3) is 0.278. The molecule has 2 amide bonds. The predicted molar refractivity (Wildman–Crippen MR) is 91.4 cm³/mol. The maximum atomic E-state index is 13.2. The van der Waals surface area contributed by atoms with E-state index in [2.05, 4.69) is 10.3 Å². The van der Waals surface area contributed by atoms with Gasteiger partial charge in [0.25, 0.3) is 5.24 Å². The number of carbonyl (C=O) groups excluding carboxylic acids is 2. The first-order chi connectivity index (χ1) is 12.0. The van der Waals surface area contributed by atoms with E-state index in [0.29, 0.717) is 17.1 Å². The maximum absolute atomic E-state index is 13.2. The summed E-state index contributed by atoms with van der Waals surface area (Å²) in [6, 6.07) is 6.27. The molecule has 25 heavy (non-hydrogen) atoms. The summed E-state index contributed by atoms with van der Waals surface area (Å²) in [5.74, 6) is 0.550. The number of pyridine rings is 1. The zero-order valence-corrected chi connectivity index (χ0v) is 14.2. The third kappa shape index (κ3) is 3.00. The normalized spacial score (nSPS) is 22.0. The highest BCUT2D eigenvalue weighted by molar-refractivity contribution is 8.15. The van der Waals surface area contributed by atoms with Crippen molar-refractivity contribution in [2.75, 3.05) is 0 Å². The van der Waals surface area contributed by atoms with Gasteiger partial charge in [-0.25, -0.2) is 4.39 Å². The Kier molecular flexibility index (Phi) is 3.95. The molecule has 5 nitrogen and oxygen atoms in total. The van der Waals surface area contributed by atoms with Crippen LogP contribution < -0.4 is 10.1 Å². The summed E-state index contributed by atoms with van der Waals surface area (Å²) >= 11 is 1.04. The number of rotatable bonds is 3. The van der Waals surface area contributed by atoms with Crippen molar-refractivity contribution < 1.29 is 18.7 Å². The number of benzene rings is 1. The minimum absolute atomic E-state index is 0.0620. The Morgan fingerprint density at radius 2 is 2.16 bits per heavy atom. The fourth-order valence-electron chi connectivity index (χ4n) is 3.32. The lowest BCUT2D eigenvalue weighted by Gasteiger charge is -2.15. The largest absolute Gasteiger partial charge is 0.455 e. The van der Waals surface area contributed by atoms with Crippen molar-refractivity contribution >= 4 is 22.9 Å². The van der Waals surface area contributed by atoms with Crippen molar-refractivity contribution in [1.29, 1.82) is 0 Å². The lowest BCUT2D eigenvalue weighted by atomic mass is 10.0. The smallest absolute Gasteiger partial charge is 0.286 e. The molecule has 1 aliphatic carbocycles. The molecule has 2 aromatic rings. The van der Waals surface area contributed by atoms with Gasteiger partial charge in [0, 0.05) is 11.6 Å². The third-order valence-corrected chi connectivity index (χ3v) is 5.61. The number of hydrogen-bond donors (Lipinski definition) is 1. The molecule has 1 aliphatic heterocycles. The van der Waals surface area contributed by atoms with Crippen LogP contribution in [-0.4, -0.2) is 21.4 Å². The molecule has 1 saturated heterocycles. The molecule has 1 unspecified atom stereocenters. The van der Waals surface area contributed by atoms with Gasteiger partial charge >= 0.3 is 0 Å². The maximum Gasteiger partial charge on any atom is 0.286 e. The Balaban J connectivity index is 1.57. The van der Waals surface area contributed by atoms with Crippen LogP contribution in [0.25, 0.3) is 0 Å². The van der Waals surface area contributed by atoms with E-state index in [4.69, 9.17) is 4.74 Å². The summed E-state index contributed by atoms with van der Waals surface area (Å²) < 4.78 is 19.0. The van der Waals surface area contributed by atoms with Gasteiger partial charge in [0.2, 0.25) is 5.91 Å². The van der Waals surface area contributed by atoms with Crippen LogP contribution in [0.1, 0.15) is 29.2 Å². The predicted octanol–water partition coefficient (Wildman–Crippen LogP) is 3.70. The van der Waals surface area contributed by atoms with Crippen molar-refractivity contribution in [2.45, 2.75) is 30.9 Å². The summed E-state index contributed by atoms with van der Waals surface area (Å²) in [6.45, 7) is 1.78. The van der Waals surface area contributed by atoms with Gasteiger partial charge < -0.3 is 4.74 Å². The molecule has 128 valence electrons. The Morgan fingerprint density at radius 3 is 2.88 bits per heavy atom. The average molecular weight is 358 g/mol. The number of thioether (sulfide) groups is 1. The number of aromatic nitrogens is 1. The molecule has 0 saturated carbocycles. The van der Waals surface area contributed by atoms with Crippen LogP contribution in [0.3, 0.4) is 0 Å². The number of aryl methyl sites for hydroxylation is 2. The summed E-state index contributed by atoms with van der Waals surface area (Å²) in [4.78, 5) is 27.8. The molecule has 1 N–H and O–H groups in total. The number of nitrogens with one attached hydrogen (secondary N) is 1. The van der Waals surface area contributed by atoms with Crippen LogP contribution in [0.5, 0.6) is 11.5 Å². The number of fused-ring (bicyclic) bond motifs is 1. The zero-order valence-electron chi connectivity index (χ0n) is 13.4. The van der Waals surface area contributed by atoms with Gasteiger partial charge in [-0.3, -0.25) is 19.9 Å². The highest BCUT2D eigenvalue weighted by Gasteiger charge is 2.42. The second kappa shape index (κ2) is 6.15. The number of ether oxygens (including phenoxy) is 1. The van der Waals surface area contributed by atoms with Gasteiger partial charge in [-0.2, -0.15) is 0 Å². The van der Waals surface area contributed by atoms with E-state index in [9.17, 15) is 14.0 Å². The SMILES string of the molecule is Cc1cc(F)ccc1Oc1cnc2c(c1)CC[C@@H]2C1SC(=O)NC1=O. The summed E-state index contributed by atoms with van der Waals surface area (Å²) in [7, 11) is 0. The molecular formula is C18H15FN2O3S. The highest BCUT2D eigenvalue weighted by atomic mass is 32.2. The van der Waals surface area contributed by atoms with Crippen LogP contribution in [0.2, 0.25) is 0 Å². The minimum atomic E-state index is -0.410. The highest BCUT2D eigenvalue weighted by Crippen LogP contribution is 2.42. The third-order valence-electron chi connectivity index (χ3n) is 4.50. The topological polar surface area (TPSA) is 68.3 Å². The monoisotopic (exact) mass is 358 g/mol. The second-order valence-corrected chi connectivity index (χ2v) is 7.30. The van der Waals surface area contributed by atoms with Gasteiger partial charge in [-0.05, 0) is 55.2 Å². The van der Waals surface area contributed by atoms with E-state index >= 15 is 0 Å². The van der Waals surface area contributed by atoms with E-state index in [-0.39, 0.29) is 22.9 Å². The number of hydrogen-bond acceptors (Lipinski definition) is 5. The molecule has 0 bridgehead atoms. The molecule has 1 aromatic heterocycles. The van der Waals surface area contributed by atoms with Crippen molar-refractivity contribution in [3.63, 3.8) is 0 Å². The van der Waals surface area contributed by atoms with E-state index in [0.717, 1.165) is 35.9 Å². The fourth-order valence-corrected chi connectivity index (χ4v) is 4.31. The first-order valence-electron chi connectivity index (χ1n) is 7.95. The van der Waals surface area contributed by atoms with Crippen LogP contribution in [0.15, 0.2) is 30.5 Å². The molecule has 1 fully saturated rings. The van der Waals surface area contributed by atoms with E-state index in [1.807, 2.05) is 6.07 Å². The van der Waals surface area contributed by atoms with Crippen molar-refractivity contribution in [3.8, 4) is 11.5 Å². The van der Waals surface area contributed by atoms with Gasteiger partial charge in [-0.1, -0.05) is 11.8 Å². The number of amides is 2. The summed E-state index contributed by atoms with van der Waals surface area (Å²) in [6.07, 6.45) is 3.17. The summed E-state index contributed by atoms with van der Waals surface area (Å²) in [5, 5.41) is 1.63. The number of carbonyl (C=O) groups is 2. The minimum Gasteiger partial charge on any atom is -0.455 e. The molecule has 2 atom stereocenters. The lowest BCUT2D eigenvalue weighted by molar-refractivity contribution is -0.119. The quantitative estimate of drug-likeness (QED) is 0.906. The molecule has 2 heterocycles. The van der Waals surface area contributed by atoms with Crippen molar-refractivity contribution in [2.24, 2.45) is 0 Å². The van der Waals surface area contributed by atoms with Gasteiger partial charge in [-0.15, -0.1) is 0 Å². The summed E-state index contributed by atoms with van der Waals surface area (Å²) in [5.41, 5.74) is 2.58. The first kappa shape index (κ1) is 16.1. The molecule has 7 heteroatoms. The molecule has 1 aromatic carbocycles. The number of halogens is 1. The molecule has 2 aliphatic rings. The van der Waals surface area contributed by atoms with Crippen LogP contribution in [-0.2, 0) is 11.2 Å². The van der Waals surface area contributed by atoms with Crippen molar-refractivity contribution in [1.82, 2.24) is 10.3 Å². The van der Waals surface area contributed by atoms with E-state index in [1.54, 1.807) is 19.2 Å². The average Bonchev–Trinajstić information content (AvgIpc) is 3.12. The Labute approximate surface area is 148 Å². The first-order valence-corrected chi connectivity index (χ1v) is 8.83. The standard InChI is InChI=1S/C18H15FN2O3S/c1-9-6-11(19)3-5-14(9)24-12-7-10-2-4-13(15(10)20-8-12)16-17(22)21-18(23)25-16/h3,5-8,13,16H,2,4H2,1H3,(H,21,22,23)/t13-,16?/m0/s1. The Bertz CT molecular complexity index is 887. The van der Waals surface area contributed by atoms with Crippen LogP contribution in [0, 0.1) is 12.7 Å². The van der Waals surface area contributed by atoms with E-state index in [1.165, 1.54) is 12.1 Å². The molecule has 0 radical (unpaired) electrons. The Morgan fingerprint density at radius 1 is 1.32 bits per heavy atom. The zero-order chi connectivity index (χ0) is 17.6.